The molecule has 0 aromatic rings. The number of likely N-dealkylation sites (N-methyl/N-ethyl adjacent to an activating group) is 1. The molecule has 45 heavy (non-hydrogen) atoms. The summed E-state index contributed by atoms with van der Waals surface area (Å²) in [5.41, 5.74) is 0. The van der Waals surface area contributed by atoms with Crippen molar-refractivity contribution in [2.24, 2.45) is 17.8 Å². The van der Waals surface area contributed by atoms with Crippen molar-refractivity contribution in [1.29, 1.82) is 0 Å². The second kappa shape index (κ2) is 19.3. The third kappa shape index (κ3) is 12.2. The number of rotatable bonds is 10. The highest BCUT2D eigenvalue weighted by Crippen LogP contribution is 2.22. The van der Waals surface area contributed by atoms with Crippen LogP contribution in [0.25, 0.3) is 0 Å². The summed E-state index contributed by atoms with van der Waals surface area (Å²) < 4.78 is 5.67. The van der Waals surface area contributed by atoms with E-state index in [0.717, 1.165) is 12.8 Å². The molecule has 0 saturated carbocycles. The summed E-state index contributed by atoms with van der Waals surface area (Å²) in [4.78, 5) is 81.1. The maximum Gasteiger partial charge on any atom is 0.325 e. The van der Waals surface area contributed by atoms with Crippen molar-refractivity contribution >= 4 is 35.5 Å². The first-order valence-corrected chi connectivity index (χ1v) is 16.0. The summed E-state index contributed by atoms with van der Waals surface area (Å²) >= 11 is 0. The molecule has 1 rings (SSSR count). The lowest BCUT2D eigenvalue weighted by Crippen LogP contribution is -2.61. The zero-order valence-electron chi connectivity index (χ0n) is 28.1. The molecule has 8 atom stereocenters. The number of aliphatic hydroxyl groups excluding tert-OH is 2. The number of ether oxygens (including phenoxy) is 1. The Morgan fingerprint density at radius 2 is 1.51 bits per heavy atom. The van der Waals surface area contributed by atoms with Gasteiger partial charge >= 0.3 is 5.97 Å². The fraction of sp³-hybridized carbons (Fsp3) is 0.806. The van der Waals surface area contributed by atoms with E-state index in [-0.39, 0.29) is 12.3 Å². The van der Waals surface area contributed by atoms with Crippen molar-refractivity contribution in [3.05, 3.63) is 0 Å². The number of cyclic esters (lactones) is 1. The molecular formula is C31H55N5O9. The zero-order chi connectivity index (χ0) is 34.4. The average Bonchev–Trinajstić information content (AvgIpc) is 2.99. The standard InChI is InChI=1S/C31H55N5O9/c1-9-11-12-13-23-19(6)31(44)36(8)22(14-17(3)4)28(41)34-25(18(5)10-2)30(43)33-21(16-37)27(40)35-26(20(7)38)29(42)32-15-24(39)45-23/h17-23,25-26,37-38H,9-16H2,1-8H3,(H,32,42)(H,33,43)(H,34,41)(H,35,40)/t18-,19-,20+,21+,22+,23-,25+,26+/m1/s1. The molecule has 5 amide bonds. The van der Waals surface area contributed by atoms with Crippen LogP contribution in [0.1, 0.15) is 87.0 Å². The molecule has 0 radical (unpaired) electrons. The molecule has 0 aromatic heterocycles. The summed E-state index contributed by atoms with van der Waals surface area (Å²) in [5, 5.41) is 30.0. The first-order chi connectivity index (χ1) is 21.1. The number of nitrogens with zero attached hydrogens (tertiary/aromatic N) is 1. The van der Waals surface area contributed by atoms with Gasteiger partial charge < -0.3 is 41.1 Å². The predicted octanol–water partition coefficient (Wildman–Crippen LogP) is -0.00890. The molecule has 1 heterocycles. The van der Waals surface area contributed by atoms with Crippen molar-refractivity contribution in [3.8, 4) is 0 Å². The molecule has 0 bridgehead atoms. The largest absolute Gasteiger partial charge is 0.460 e. The summed E-state index contributed by atoms with van der Waals surface area (Å²) in [6, 6.07) is -5.14. The number of amides is 5. The van der Waals surface area contributed by atoms with E-state index in [0.29, 0.717) is 19.3 Å². The van der Waals surface area contributed by atoms with Gasteiger partial charge in [-0.2, -0.15) is 0 Å². The van der Waals surface area contributed by atoms with Crippen LogP contribution in [0, 0.1) is 17.8 Å². The van der Waals surface area contributed by atoms with Crippen molar-refractivity contribution in [3.63, 3.8) is 0 Å². The second-order valence-electron chi connectivity index (χ2n) is 12.5. The lowest BCUT2D eigenvalue weighted by molar-refractivity contribution is -0.157. The van der Waals surface area contributed by atoms with Gasteiger partial charge in [-0.15, -0.1) is 0 Å². The van der Waals surface area contributed by atoms with E-state index in [1.54, 1.807) is 13.8 Å². The zero-order valence-corrected chi connectivity index (χ0v) is 28.1. The van der Waals surface area contributed by atoms with E-state index in [1.165, 1.54) is 18.9 Å². The Kier molecular flexibility index (Phi) is 17.1. The minimum Gasteiger partial charge on any atom is -0.460 e. The third-order valence-corrected chi connectivity index (χ3v) is 8.21. The topological polar surface area (TPSA) is 203 Å². The van der Waals surface area contributed by atoms with Crippen LogP contribution in [-0.2, 0) is 33.5 Å². The molecule has 258 valence electrons. The van der Waals surface area contributed by atoms with Crippen molar-refractivity contribution in [1.82, 2.24) is 26.2 Å². The average molecular weight is 642 g/mol. The monoisotopic (exact) mass is 641 g/mol. The van der Waals surface area contributed by atoms with E-state index in [1.807, 2.05) is 27.7 Å². The summed E-state index contributed by atoms with van der Waals surface area (Å²) in [6.45, 7) is 10.8. The maximum absolute atomic E-state index is 13.8. The van der Waals surface area contributed by atoms with Gasteiger partial charge in [0.2, 0.25) is 29.5 Å². The molecule has 0 aromatic carbocycles. The van der Waals surface area contributed by atoms with Gasteiger partial charge in [0.1, 0.15) is 36.8 Å². The molecule has 1 aliphatic heterocycles. The molecule has 14 nitrogen and oxygen atoms in total. The maximum atomic E-state index is 13.8. The smallest absolute Gasteiger partial charge is 0.325 e. The number of carbonyl (C=O) groups excluding carboxylic acids is 6. The van der Waals surface area contributed by atoms with Crippen LogP contribution in [-0.4, -0.2) is 107 Å². The van der Waals surface area contributed by atoms with Gasteiger partial charge in [0, 0.05) is 7.05 Å². The highest BCUT2D eigenvalue weighted by molar-refractivity contribution is 5.96. The number of hydrogen-bond donors (Lipinski definition) is 6. The van der Waals surface area contributed by atoms with E-state index < -0.39 is 96.9 Å². The quantitative estimate of drug-likeness (QED) is 0.140. The molecular weight excluding hydrogens is 586 g/mol. The van der Waals surface area contributed by atoms with E-state index in [9.17, 15) is 39.0 Å². The van der Waals surface area contributed by atoms with Gasteiger partial charge in [0.05, 0.1) is 18.6 Å². The van der Waals surface area contributed by atoms with Gasteiger partial charge in [-0.05, 0) is 38.0 Å². The van der Waals surface area contributed by atoms with Gasteiger partial charge in [-0.3, -0.25) is 28.8 Å². The number of unbranched alkanes of at least 4 members (excludes halogenated alkanes) is 2. The Hall–Kier alpha value is -3.26. The molecule has 0 aliphatic carbocycles. The van der Waals surface area contributed by atoms with Gasteiger partial charge in [-0.1, -0.05) is 60.8 Å². The van der Waals surface area contributed by atoms with Crippen molar-refractivity contribution in [2.75, 3.05) is 20.2 Å². The number of esters is 1. The van der Waals surface area contributed by atoms with Gasteiger partial charge in [-0.25, -0.2) is 0 Å². The van der Waals surface area contributed by atoms with Crippen LogP contribution in [0.3, 0.4) is 0 Å². The summed E-state index contributed by atoms with van der Waals surface area (Å²) in [6.07, 6.45) is 1.28. The van der Waals surface area contributed by atoms with Crippen LogP contribution < -0.4 is 21.3 Å². The number of hydrogen-bond acceptors (Lipinski definition) is 9. The number of carbonyl (C=O) groups is 6. The first-order valence-electron chi connectivity index (χ1n) is 16.0. The SMILES string of the molecule is CCCCC[C@H]1OC(=O)CNC(=O)[C@H]([C@H](C)O)NC(=O)[C@H](CO)NC(=O)[C@H]([C@H](C)CC)NC(=O)[C@H](CC(C)C)N(C)C(=O)[C@@H]1C. The highest BCUT2D eigenvalue weighted by atomic mass is 16.5. The van der Waals surface area contributed by atoms with E-state index in [4.69, 9.17) is 4.74 Å². The Bertz CT molecular complexity index is 1020. The fourth-order valence-corrected chi connectivity index (χ4v) is 5.07. The van der Waals surface area contributed by atoms with E-state index in [2.05, 4.69) is 21.3 Å². The summed E-state index contributed by atoms with van der Waals surface area (Å²) in [7, 11) is 1.50. The molecule has 1 aliphatic rings. The highest BCUT2D eigenvalue weighted by Gasteiger charge is 2.38. The molecule has 6 N–H and O–H groups in total. The van der Waals surface area contributed by atoms with Crippen molar-refractivity contribution in [2.45, 2.75) is 123 Å². The number of nitrogens with one attached hydrogen (secondary N) is 4. The van der Waals surface area contributed by atoms with Crippen molar-refractivity contribution < 1.29 is 43.7 Å². The minimum absolute atomic E-state index is 0.00472. The second-order valence-corrected chi connectivity index (χ2v) is 12.5. The Morgan fingerprint density at radius 1 is 0.889 bits per heavy atom. The van der Waals surface area contributed by atoms with Crippen LogP contribution in [0.15, 0.2) is 0 Å². The van der Waals surface area contributed by atoms with Crippen LogP contribution in [0.2, 0.25) is 0 Å². The molecule has 0 unspecified atom stereocenters. The Morgan fingerprint density at radius 3 is 2.04 bits per heavy atom. The number of aliphatic hydroxyl groups is 2. The predicted molar refractivity (Wildman–Crippen MR) is 166 cm³/mol. The first kappa shape index (κ1) is 39.8. The van der Waals surface area contributed by atoms with Gasteiger partial charge in [0.25, 0.3) is 0 Å². The van der Waals surface area contributed by atoms with Crippen LogP contribution >= 0.6 is 0 Å². The fourth-order valence-electron chi connectivity index (χ4n) is 5.07. The molecule has 0 spiro atoms. The lowest BCUT2D eigenvalue weighted by atomic mass is 9.94. The lowest BCUT2D eigenvalue weighted by Gasteiger charge is -2.34. The van der Waals surface area contributed by atoms with Crippen LogP contribution in [0.4, 0.5) is 0 Å². The van der Waals surface area contributed by atoms with Gasteiger partial charge in [0.15, 0.2) is 0 Å². The molecule has 1 saturated heterocycles. The summed E-state index contributed by atoms with van der Waals surface area (Å²) in [5.74, 6) is -5.67. The van der Waals surface area contributed by atoms with Crippen LogP contribution in [0.5, 0.6) is 0 Å². The van der Waals surface area contributed by atoms with E-state index >= 15 is 0 Å². The Balaban J connectivity index is 3.63. The minimum atomic E-state index is -1.53. The molecule has 1 fully saturated rings. The third-order valence-electron chi connectivity index (χ3n) is 8.21. The normalized spacial score (nSPS) is 28.1. The Labute approximate surface area is 266 Å². The molecule has 14 heteroatoms.